The van der Waals surface area contributed by atoms with E-state index in [0.717, 1.165) is 5.56 Å². The second kappa shape index (κ2) is 6.90. The molecule has 8 heteroatoms. The number of carbonyl (C=O) groups is 3. The molecule has 1 fully saturated rings. The summed E-state index contributed by atoms with van der Waals surface area (Å²) in [5.74, 6) is -0.993. The van der Waals surface area contributed by atoms with Crippen molar-refractivity contribution in [3.63, 3.8) is 0 Å². The maximum absolute atomic E-state index is 11.8. The van der Waals surface area contributed by atoms with Gasteiger partial charge in [-0.2, -0.15) is 0 Å². The molecule has 2 rings (SSSR count). The van der Waals surface area contributed by atoms with E-state index >= 15 is 0 Å². The smallest absolute Gasteiger partial charge is 0.323 e. The molecular weight excluding hydrogens is 288 g/mol. The number of carbonyl (C=O) groups excluding carboxylic acids is 3. The maximum Gasteiger partial charge on any atom is 0.323 e. The number of nitrogens with one attached hydrogen (secondary N) is 2. The van der Waals surface area contributed by atoms with E-state index in [4.69, 9.17) is 16.2 Å². The Balaban J connectivity index is 1.80. The van der Waals surface area contributed by atoms with Crippen LogP contribution in [0.1, 0.15) is 12.0 Å². The molecule has 6 N–H and O–H groups in total. The number of nitrogen functional groups attached to an aromatic ring is 1. The molecule has 0 saturated carbocycles. The summed E-state index contributed by atoms with van der Waals surface area (Å²) in [6.45, 7) is -0.0899. The number of urea groups is 1. The molecule has 0 aromatic heterocycles. The van der Waals surface area contributed by atoms with Crippen molar-refractivity contribution in [1.82, 2.24) is 10.6 Å². The average Bonchev–Trinajstić information content (AvgIpc) is 2.46. The molecule has 1 heterocycles. The number of ether oxygens (including phenoxy) is 1. The Labute approximate surface area is 127 Å². The minimum absolute atomic E-state index is 0.0617. The lowest BCUT2D eigenvalue weighted by atomic mass is 10.1. The quantitative estimate of drug-likeness (QED) is 0.418. The van der Waals surface area contributed by atoms with Gasteiger partial charge in [0.15, 0.2) is 0 Å². The number of esters is 1. The van der Waals surface area contributed by atoms with Crippen molar-refractivity contribution >= 4 is 23.6 Å². The van der Waals surface area contributed by atoms with E-state index in [1.165, 1.54) is 0 Å². The predicted molar refractivity (Wildman–Crippen MR) is 78.6 cm³/mol. The van der Waals surface area contributed by atoms with Crippen molar-refractivity contribution in [2.75, 3.05) is 12.3 Å². The van der Waals surface area contributed by atoms with Crippen LogP contribution in [0.3, 0.4) is 0 Å². The van der Waals surface area contributed by atoms with Gasteiger partial charge in [0.1, 0.15) is 12.6 Å². The first kappa shape index (κ1) is 15.8. The lowest BCUT2D eigenvalue weighted by molar-refractivity contribution is -0.146. The largest absolute Gasteiger partial charge is 0.462 e. The first-order valence-electron chi connectivity index (χ1n) is 6.81. The number of hydrogen-bond donors (Lipinski definition) is 4. The van der Waals surface area contributed by atoms with E-state index in [1.807, 2.05) is 0 Å². The van der Waals surface area contributed by atoms with Crippen molar-refractivity contribution in [1.29, 1.82) is 0 Å². The molecular formula is C14H18N4O4. The van der Waals surface area contributed by atoms with Crippen molar-refractivity contribution < 1.29 is 19.1 Å². The minimum atomic E-state index is -0.822. The highest BCUT2D eigenvalue weighted by Crippen LogP contribution is 2.08. The zero-order chi connectivity index (χ0) is 16.1. The van der Waals surface area contributed by atoms with Gasteiger partial charge in [0.05, 0.1) is 12.5 Å². The van der Waals surface area contributed by atoms with Gasteiger partial charge in [-0.25, -0.2) is 4.79 Å². The van der Waals surface area contributed by atoms with Gasteiger partial charge in [0.2, 0.25) is 5.91 Å². The molecule has 8 nitrogen and oxygen atoms in total. The molecule has 3 amide bonds. The first-order valence-corrected chi connectivity index (χ1v) is 6.81. The normalized spacial score (nSPS) is 19.0. The van der Waals surface area contributed by atoms with E-state index in [0.29, 0.717) is 12.1 Å². The van der Waals surface area contributed by atoms with Gasteiger partial charge in [0.25, 0.3) is 0 Å². The standard InChI is InChI=1S/C14H18N4O4/c15-9-3-1-8(2-4-9)5-11(16)13(20)22-7-10-6-12(19)18-14(21)17-10/h1-4,10-11H,5-7,15-16H2,(H2,17,18,19,21)/t10?,11-/m0/s1. The average molecular weight is 306 g/mol. The molecule has 1 aliphatic heterocycles. The number of imide groups is 1. The number of benzene rings is 1. The van der Waals surface area contributed by atoms with Gasteiger partial charge in [-0.05, 0) is 24.1 Å². The fraction of sp³-hybridized carbons (Fsp3) is 0.357. The monoisotopic (exact) mass is 306 g/mol. The number of hydrogen-bond acceptors (Lipinski definition) is 6. The molecule has 0 radical (unpaired) electrons. The highest BCUT2D eigenvalue weighted by atomic mass is 16.5. The summed E-state index contributed by atoms with van der Waals surface area (Å²) in [5.41, 5.74) is 12.9. The Morgan fingerprint density at radius 2 is 2.00 bits per heavy atom. The SMILES string of the molecule is Nc1ccc(C[C@H](N)C(=O)OCC2CC(=O)NC(=O)N2)cc1. The fourth-order valence-electron chi connectivity index (χ4n) is 2.06. The van der Waals surface area contributed by atoms with Crippen LogP contribution in [-0.4, -0.2) is 36.6 Å². The van der Waals surface area contributed by atoms with Crippen molar-refractivity contribution in [2.24, 2.45) is 5.73 Å². The van der Waals surface area contributed by atoms with E-state index in [9.17, 15) is 14.4 Å². The summed E-state index contributed by atoms with van der Waals surface area (Å²) >= 11 is 0. The van der Waals surface area contributed by atoms with Crippen molar-refractivity contribution in [3.05, 3.63) is 29.8 Å². The molecule has 1 aromatic carbocycles. The Bertz CT molecular complexity index is 557. The lowest BCUT2D eigenvalue weighted by Crippen LogP contribution is -2.54. The van der Waals surface area contributed by atoms with Crippen molar-refractivity contribution in [3.8, 4) is 0 Å². The molecule has 0 bridgehead atoms. The van der Waals surface area contributed by atoms with Gasteiger partial charge >= 0.3 is 12.0 Å². The molecule has 1 unspecified atom stereocenters. The maximum atomic E-state index is 11.8. The van der Waals surface area contributed by atoms with Gasteiger partial charge < -0.3 is 21.5 Å². The van der Waals surface area contributed by atoms with Crippen LogP contribution >= 0.6 is 0 Å². The van der Waals surface area contributed by atoms with E-state index in [2.05, 4.69) is 10.6 Å². The third-order valence-corrected chi connectivity index (χ3v) is 3.18. The van der Waals surface area contributed by atoms with Gasteiger partial charge in [0, 0.05) is 5.69 Å². The summed E-state index contributed by atoms with van der Waals surface area (Å²) < 4.78 is 5.05. The molecule has 1 aromatic rings. The van der Waals surface area contributed by atoms with Crippen LogP contribution < -0.4 is 22.1 Å². The second-order valence-electron chi connectivity index (χ2n) is 5.10. The van der Waals surface area contributed by atoms with Crippen LogP contribution in [-0.2, 0) is 20.7 Å². The summed E-state index contributed by atoms with van der Waals surface area (Å²) in [7, 11) is 0. The molecule has 22 heavy (non-hydrogen) atoms. The van der Waals surface area contributed by atoms with Crippen LogP contribution in [0.4, 0.5) is 10.5 Å². The number of anilines is 1. The summed E-state index contributed by atoms with van der Waals surface area (Å²) in [6.07, 6.45) is 0.378. The Morgan fingerprint density at radius 3 is 2.64 bits per heavy atom. The molecule has 0 aliphatic carbocycles. The minimum Gasteiger partial charge on any atom is -0.462 e. The second-order valence-corrected chi connectivity index (χ2v) is 5.10. The number of amides is 3. The molecule has 1 aliphatic rings. The van der Waals surface area contributed by atoms with Gasteiger partial charge in [-0.1, -0.05) is 12.1 Å². The van der Waals surface area contributed by atoms with Crippen LogP contribution in [0.5, 0.6) is 0 Å². The third kappa shape index (κ3) is 4.45. The first-order chi connectivity index (χ1) is 10.4. The van der Waals surface area contributed by atoms with Gasteiger partial charge in [-0.3, -0.25) is 14.9 Å². The molecule has 0 spiro atoms. The Morgan fingerprint density at radius 1 is 1.32 bits per heavy atom. The zero-order valence-electron chi connectivity index (χ0n) is 11.9. The van der Waals surface area contributed by atoms with E-state index in [-0.39, 0.29) is 13.0 Å². The van der Waals surface area contributed by atoms with Crippen LogP contribution in [0.15, 0.2) is 24.3 Å². The summed E-state index contributed by atoms with van der Waals surface area (Å²) in [6, 6.07) is 5.07. The number of rotatable bonds is 5. The van der Waals surface area contributed by atoms with Gasteiger partial charge in [-0.15, -0.1) is 0 Å². The Hall–Kier alpha value is -2.61. The molecule has 2 atom stereocenters. The van der Waals surface area contributed by atoms with Crippen molar-refractivity contribution in [2.45, 2.75) is 24.9 Å². The summed E-state index contributed by atoms with van der Waals surface area (Å²) in [4.78, 5) is 34.1. The lowest BCUT2D eigenvalue weighted by Gasteiger charge is -2.23. The molecule has 1 saturated heterocycles. The van der Waals surface area contributed by atoms with Crippen LogP contribution in [0.25, 0.3) is 0 Å². The Kier molecular flexibility index (Phi) is 4.95. The molecule has 118 valence electrons. The highest BCUT2D eigenvalue weighted by Gasteiger charge is 2.25. The summed E-state index contributed by atoms with van der Waals surface area (Å²) in [5, 5.41) is 4.59. The van der Waals surface area contributed by atoms with E-state index < -0.39 is 30.0 Å². The van der Waals surface area contributed by atoms with Crippen LogP contribution in [0.2, 0.25) is 0 Å². The predicted octanol–water partition coefficient (Wildman–Crippen LogP) is -0.720. The number of nitrogens with two attached hydrogens (primary N) is 2. The fourth-order valence-corrected chi connectivity index (χ4v) is 2.06. The zero-order valence-corrected chi connectivity index (χ0v) is 11.9. The van der Waals surface area contributed by atoms with E-state index in [1.54, 1.807) is 24.3 Å². The van der Waals surface area contributed by atoms with Crippen LogP contribution in [0, 0.1) is 0 Å². The third-order valence-electron chi connectivity index (χ3n) is 3.18. The topological polar surface area (TPSA) is 137 Å². The highest BCUT2D eigenvalue weighted by molar-refractivity contribution is 5.97.